The van der Waals surface area contributed by atoms with Crippen LogP contribution in [0.5, 0.6) is 11.5 Å². The fraction of sp³-hybridized carbons (Fsp3) is 0.391. The lowest BCUT2D eigenvalue weighted by Gasteiger charge is -2.20. The minimum atomic E-state index is -4.48. The molecule has 3 N–H and O–H groups in total. The summed E-state index contributed by atoms with van der Waals surface area (Å²) in [6.45, 7) is 4.70. The zero-order valence-corrected chi connectivity index (χ0v) is 17.9. The van der Waals surface area contributed by atoms with Crippen molar-refractivity contribution < 1.29 is 22.6 Å². The van der Waals surface area contributed by atoms with E-state index in [0.717, 1.165) is 31.4 Å². The molecule has 0 bridgehead atoms. The van der Waals surface area contributed by atoms with Gasteiger partial charge in [0, 0.05) is 17.1 Å². The molecule has 2 aromatic carbocycles. The molecule has 32 heavy (non-hydrogen) atoms. The standard InChI is InChI=1S/C23H25F3N4O2/c1-13(15-8-16(23(24,25)26)10-17(27)9-15)28-22-18-11-20-21(12-19(18)29-14(2)30-22)32-7-5-3-4-6-31-20/h8-13H,3-7,27H2,1-2H3,(H,28,29,30). The number of nitrogens with one attached hydrogen (secondary N) is 1. The quantitative estimate of drug-likeness (QED) is 0.506. The molecular formula is C23H25F3N4O2. The van der Waals surface area contributed by atoms with Gasteiger partial charge in [0.2, 0.25) is 0 Å². The van der Waals surface area contributed by atoms with Crippen LogP contribution in [0.3, 0.4) is 0 Å². The summed E-state index contributed by atoms with van der Waals surface area (Å²) in [5, 5.41) is 3.92. The van der Waals surface area contributed by atoms with E-state index >= 15 is 0 Å². The van der Waals surface area contributed by atoms with E-state index in [1.807, 2.05) is 12.1 Å². The number of halogens is 3. The lowest BCUT2D eigenvalue weighted by atomic mass is 10.0. The molecule has 1 aliphatic heterocycles. The van der Waals surface area contributed by atoms with Gasteiger partial charge in [0.25, 0.3) is 0 Å². The second kappa shape index (κ2) is 8.72. The van der Waals surface area contributed by atoms with E-state index in [9.17, 15) is 13.2 Å². The van der Waals surface area contributed by atoms with E-state index < -0.39 is 17.8 Å². The van der Waals surface area contributed by atoms with Crippen molar-refractivity contribution in [1.29, 1.82) is 0 Å². The van der Waals surface area contributed by atoms with Crippen LogP contribution in [0.4, 0.5) is 24.7 Å². The number of anilines is 2. The summed E-state index contributed by atoms with van der Waals surface area (Å²) in [7, 11) is 0. The Labute approximate surface area is 184 Å². The molecule has 6 nitrogen and oxygen atoms in total. The first-order valence-corrected chi connectivity index (χ1v) is 10.5. The molecule has 0 radical (unpaired) electrons. The number of hydrogen-bond donors (Lipinski definition) is 2. The number of benzene rings is 2. The third-order valence-corrected chi connectivity index (χ3v) is 5.34. The van der Waals surface area contributed by atoms with Gasteiger partial charge in [-0.3, -0.25) is 0 Å². The normalized spacial score (nSPS) is 15.5. The van der Waals surface area contributed by atoms with Crippen molar-refractivity contribution in [3.8, 4) is 11.5 Å². The van der Waals surface area contributed by atoms with Gasteiger partial charge in [-0.1, -0.05) is 0 Å². The van der Waals surface area contributed by atoms with Crippen molar-refractivity contribution in [1.82, 2.24) is 9.97 Å². The Balaban J connectivity index is 1.72. The molecule has 1 aromatic heterocycles. The zero-order valence-electron chi connectivity index (χ0n) is 17.9. The van der Waals surface area contributed by atoms with Crippen molar-refractivity contribution in [2.24, 2.45) is 0 Å². The Morgan fingerprint density at radius 1 is 0.969 bits per heavy atom. The first-order valence-electron chi connectivity index (χ1n) is 10.5. The number of aryl methyl sites for hydroxylation is 1. The number of hydrogen-bond acceptors (Lipinski definition) is 6. The van der Waals surface area contributed by atoms with Crippen LogP contribution in [0, 0.1) is 6.92 Å². The number of nitrogens with two attached hydrogens (primary N) is 1. The van der Waals surface area contributed by atoms with Crippen LogP contribution in [0.1, 0.15) is 49.2 Å². The molecule has 4 rings (SSSR count). The summed E-state index contributed by atoms with van der Waals surface area (Å²) >= 11 is 0. The Bertz CT molecular complexity index is 1130. The van der Waals surface area contributed by atoms with Gasteiger partial charge in [0.1, 0.15) is 11.6 Å². The average molecular weight is 446 g/mol. The van der Waals surface area contributed by atoms with Crippen molar-refractivity contribution in [3.05, 3.63) is 47.3 Å². The first kappa shape index (κ1) is 22.0. The highest BCUT2D eigenvalue weighted by molar-refractivity contribution is 5.92. The van der Waals surface area contributed by atoms with Gasteiger partial charge >= 0.3 is 6.18 Å². The van der Waals surface area contributed by atoms with Gasteiger partial charge in [0.15, 0.2) is 11.5 Å². The van der Waals surface area contributed by atoms with E-state index in [-0.39, 0.29) is 5.69 Å². The maximum atomic E-state index is 13.2. The molecule has 3 aromatic rings. The third kappa shape index (κ3) is 4.81. The summed E-state index contributed by atoms with van der Waals surface area (Å²) in [5.41, 5.74) is 6.07. The highest BCUT2D eigenvalue weighted by Crippen LogP contribution is 2.37. The van der Waals surface area contributed by atoms with Gasteiger partial charge in [-0.25, -0.2) is 9.97 Å². The van der Waals surface area contributed by atoms with Crippen LogP contribution < -0.4 is 20.5 Å². The van der Waals surface area contributed by atoms with Crippen LogP contribution in [-0.4, -0.2) is 23.2 Å². The molecule has 1 atom stereocenters. The topological polar surface area (TPSA) is 82.3 Å². The van der Waals surface area contributed by atoms with Gasteiger partial charge in [0.05, 0.1) is 30.3 Å². The molecule has 2 heterocycles. The number of aromatic nitrogens is 2. The average Bonchev–Trinajstić information content (AvgIpc) is 2.83. The Morgan fingerprint density at radius 3 is 2.34 bits per heavy atom. The third-order valence-electron chi connectivity index (χ3n) is 5.34. The molecule has 0 saturated heterocycles. The van der Waals surface area contributed by atoms with Crippen LogP contribution >= 0.6 is 0 Å². The summed E-state index contributed by atoms with van der Waals surface area (Å²) in [6, 6.07) is 6.71. The first-order chi connectivity index (χ1) is 15.2. The van der Waals surface area contributed by atoms with Crippen LogP contribution in [-0.2, 0) is 6.18 Å². The maximum Gasteiger partial charge on any atom is 0.416 e. The van der Waals surface area contributed by atoms with Gasteiger partial charge in [-0.05, 0) is 62.9 Å². The molecule has 0 saturated carbocycles. The number of alkyl halides is 3. The smallest absolute Gasteiger partial charge is 0.416 e. The second-order valence-corrected chi connectivity index (χ2v) is 7.95. The highest BCUT2D eigenvalue weighted by Gasteiger charge is 2.31. The lowest BCUT2D eigenvalue weighted by molar-refractivity contribution is -0.137. The van der Waals surface area contributed by atoms with Gasteiger partial charge in [-0.2, -0.15) is 13.2 Å². The van der Waals surface area contributed by atoms with Crippen molar-refractivity contribution in [3.63, 3.8) is 0 Å². The number of nitrogen functional groups attached to an aromatic ring is 1. The molecule has 0 amide bonds. The highest BCUT2D eigenvalue weighted by atomic mass is 19.4. The summed E-state index contributed by atoms with van der Waals surface area (Å²) < 4.78 is 51.5. The molecule has 0 aliphatic carbocycles. The molecule has 9 heteroatoms. The summed E-state index contributed by atoms with van der Waals surface area (Å²) in [6.07, 6.45) is -1.57. The monoisotopic (exact) mass is 446 g/mol. The van der Waals surface area contributed by atoms with Gasteiger partial charge in [-0.15, -0.1) is 0 Å². The van der Waals surface area contributed by atoms with Crippen molar-refractivity contribution in [2.45, 2.75) is 45.3 Å². The largest absolute Gasteiger partial charge is 0.490 e. The number of rotatable bonds is 3. The zero-order chi connectivity index (χ0) is 22.9. The van der Waals surface area contributed by atoms with E-state index in [1.54, 1.807) is 13.8 Å². The molecule has 0 spiro atoms. The van der Waals surface area contributed by atoms with Crippen LogP contribution in [0.2, 0.25) is 0 Å². The number of nitrogens with zero attached hydrogens (tertiary/aromatic N) is 2. The molecule has 170 valence electrons. The van der Waals surface area contributed by atoms with Gasteiger partial charge < -0.3 is 20.5 Å². The Kier molecular flexibility index (Phi) is 5.99. The fourth-order valence-electron chi connectivity index (χ4n) is 3.71. The summed E-state index contributed by atoms with van der Waals surface area (Å²) in [4.78, 5) is 9.00. The van der Waals surface area contributed by atoms with Crippen LogP contribution in [0.25, 0.3) is 10.9 Å². The van der Waals surface area contributed by atoms with E-state index in [0.29, 0.717) is 52.8 Å². The predicted molar refractivity (Wildman–Crippen MR) is 117 cm³/mol. The van der Waals surface area contributed by atoms with Crippen molar-refractivity contribution >= 4 is 22.4 Å². The predicted octanol–water partition coefficient (Wildman–Crippen LogP) is 5.65. The second-order valence-electron chi connectivity index (χ2n) is 7.95. The summed E-state index contributed by atoms with van der Waals surface area (Å²) in [5.74, 6) is 2.26. The van der Waals surface area contributed by atoms with Crippen molar-refractivity contribution in [2.75, 3.05) is 24.3 Å². The number of ether oxygens (including phenoxy) is 2. The molecule has 1 aliphatic rings. The maximum absolute atomic E-state index is 13.2. The molecular weight excluding hydrogens is 421 g/mol. The molecule has 1 unspecified atom stereocenters. The minimum absolute atomic E-state index is 0.0511. The Morgan fingerprint density at radius 2 is 1.66 bits per heavy atom. The molecule has 0 fully saturated rings. The van der Waals surface area contributed by atoms with E-state index in [4.69, 9.17) is 15.2 Å². The lowest BCUT2D eigenvalue weighted by Crippen LogP contribution is -2.13. The van der Waals surface area contributed by atoms with E-state index in [1.165, 1.54) is 6.07 Å². The Hall–Kier alpha value is -3.23. The SMILES string of the molecule is Cc1nc(NC(C)c2cc(N)cc(C(F)(F)F)c2)c2cc3c(cc2n1)OCCCCCO3. The van der Waals surface area contributed by atoms with Crippen LogP contribution in [0.15, 0.2) is 30.3 Å². The minimum Gasteiger partial charge on any atom is -0.490 e. The number of fused-ring (bicyclic) bond motifs is 2. The van der Waals surface area contributed by atoms with E-state index in [2.05, 4.69) is 15.3 Å². The fourth-order valence-corrected chi connectivity index (χ4v) is 3.71.